The minimum absolute atomic E-state index is 0.0566. The van der Waals surface area contributed by atoms with E-state index < -0.39 is 5.97 Å². The van der Waals surface area contributed by atoms with Crippen LogP contribution < -0.4 is 4.74 Å². The SMILES string of the molecule is CCCc1noc(COc2ccccc2C(=O)O)n1. The highest BCUT2D eigenvalue weighted by atomic mass is 16.5. The van der Waals surface area contributed by atoms with Crippen LogP contribution in [-0.4, -0.2) is 21.2 Å². The zero-order chi connectivity index (χ0) is 13.7. The molecule has 1 N–H and O–H groups in total. The lowest BCUT2D eigenvalue weighted by Gasteiger charge is -2.05. The molecule has 1 aromatic heterocycles. The van der Waals surface area contributed by atoms with Crippen molar-refractivity contribution in [3.63, 3.8) is 0 Å². The summed E-state index contributed by atoms with van der Waals surface area (Å²) in [5.74, 6) is 0.217. The van der Waals surface area contributed by atoms with E-state index in [1.807, 2.05) is 6.92 Å². The summed E-state index contributed by atoms with van der Waals surface area (Å²) in [6.07, 6.45) is 1.68. The number of nitrogens with zero attached hydrogens (tertiary/aromatic N) is 2. The van der Waals surface area contributed by atoms with E-state index in [2.05, 4.69) is 10.1 Å². The molecule has 0 spiro atoms. The summed E-state index contributed by atoms with van der Waals surface area (Å²) in [4.78, 5) is 15.1. The maximum Gasteiger partial charge on any atom is 0.339 e. The third kappa shape index (κ3) is 3.31. The van der Waals surface area contributed by atoms with Crippen LogP contribution in [0.3, 0.4) is 0 Å². The Hall–Kier alpha value is -2.37. The summed E-state index contributed by atoms with van der Waals surface area (Å²) in [5.41, 5.74) is 0.107. The van der Waals surface area contributed by atoms with E-state index in [4.69, 9.17) is 14.4 Å². The molecule has 0 unspecified atom stereocenters. The zero-order valence-electron chi connectivity index (χ0n) is 10.5. The zero-order valence-corrected chi connectivity index (χ0v) is 10.5. The van der Waals surface area contributed by atoms with Gasteiger partial charge >= 0.3 is 5.97 Å². The molecule has 0 saturated carbocycles. The van der Waals surface area contributed by atoms with Crippen molar-refractivity contribution in [1.82, 2.24) is 10.1 Å². The highest BCUT2D eigenvalue weighted by molar-refractivity contribution is 5.90. The summed E-state index contributed by atoms with van der Waals surface area (Å²) in [7, 11) is 0. The van der Waals surface area contributed by atoms with Gasteiger partial charge in [-0.15, -0.1) is 0 Å². The third-order valence-electron chi connectivity index (χ3n) is 2.45. The second-order valence-corrected chi connectivity index (χ2v) is 3.94. The van der Waals surface area contributed by atoms with E-state index >= 15 is 0 Å². The molecule has 19 heavy (non-hydrogen) atoms. The van der Waals surface area contributed by atoms with Crippen molar-refractivity contribution in [1.29, 1.82) is 0 Å². The van der Waals surface area contributed by atoms with Crippen molar-refractivity contribution < 1.29 is 19.2 Å². The maximum absolute atomic E-state index is 11.0. The Balaban J connectivity index is 2.03. The van der Waals surface area contributed by atoms with Gasteiger partial charge in [-0.3, -0.25) is 0 Å². The molecule has 0 aliphatic heterocycles. The fraction of sp³-hybridized carbons (Fsp3) is 0.308. The van der Waals surface area contributed by atoms with E-state index in [0.717, 1.165) is 12.8 Å². The van der Waals surface area contributed by atoms with Gasteiger partial charge in [0.15, 0.2) is 12.4 Å². The van der Waals surface area contributed by atoms with Gasteiger partial charge in [0.1, 0.15) is 11.3 Å². The molecular weight excluding hydrogens is 248 g/mol. The normalized spacial score (nSPS) is 10.4. The Morgan fingerprint density at radius 3 is 2.95 bits per heavy atom. The topological polar surface area (TPSA) is 85.5 Å². The van der Waals surface area contributed by atoms with Crippen LogP contribution >= 0.6 is 0 Å². The molecule has 1 aromatic carbocycles. The second-order valence-electron chi connectivity index (χ2n) is 3.94. The first-order valence-corrected chi connectivity index (χ1v) is 5.97. The molecule has 0 amide bonds. The summed E-state index contributed by atoms with van der Waals surface area (Å²) >= 11 is 0. The highest BCUT2D eigenvalue weighted by Crippen LogP contribution is 2.18. The summed E-state index contributed by atoms with van der Waals surface area (Å²) in [5, 5.41) is 12.8. The number of rotatable bonds is 6. The van der Waals surface area contributed by atoms with Gasteiger partial charge in [-0.1, -0.05) is 24.2 Å². The van der Waals surface area contributed by atoms with E-state index in [1.165, 1.54) is 6.07 Å². The van der Waals surface area contributed by atoms with Crippen LogP contribution in [0.4, 0.5) is 0 Å². The Morgan fingerprint density at radius 1 is 1.42 bits per heavy atom. The minimum atomic E-state index is -1.03. The van der Waals surface area contributed by atoms with Crippen LogP contribution in [0.2, 0.25) is 0 Å². The molecule has 0 aliphatic rings. The number of aromatic carboxylic acids is 1. The van der Waals surface area contributed by atoms with E-state index in [9.17, 15) is 4.79 Å². The molecule has 6 nitrogen and oxygen atoms in total. The Bertz CT molecular complexity index is 565. The second kappa shape index (κ2) is 5.99. The largest absolute Gasteiger partial charge is 0.483 e. The van der Waals surface area contributed by atoms with Crippen LogP contribution in [0, 0.1) is 0 Å². The molecule has 0 fully saturated rings. The monoisotopic (exact) mass is 262 g/mol. The number of ether oxygens (including phenoxy) is 1. The van der Waals surface area contributed by atoms with E-state index in [1.54, 1.807) is 18.2 Å². The average molecular weight is 262 g/mol. The lowest BCUT2D eigenvalue weighted by atomic mass is 10.2. The first-order chi connectivity index (χ1) is 9.20. The smallest absolute Gasteiger partial charge is 0.339 e. The van der Waals surface area contributed by atoms with Gasteiger partial charge in [0.05, 0.1) is 0 Å². The van der Waals surface area contributed by atoms with Gasteiger partial charge in [0.2, 0.25) is 0 Å². The number of hydrogen-bond acceptors (Lipinski definition) is 5. The lowest BCUT2D eigenvalue weighted by molar-refractivity contribution is 0.0691. The van der Waals surface area contributed by atoms with Gasteiger partial charge in [-0.05, 0) is 18.6 Å². The fourth-order valence-electron chi connectivity index (χ4n) is 1.58. The average Bonchev–Trinajstić information content (AvgIpc) is 2.85. The molecular formula is C13H14N2O4. The van der Waals surface area contributed by atoms with Crippen molar-refractivity contribution in [2.45, 2.75) is 26.4 Å². The van der Waals surface area contributed by atoms with Crippen molar-refractivity contribution in [3.8, 4) is 5.75 Å². The number of aromatic nitrogens is 2. The van der Waals surface area contributed by atoms with Crippen LogP contribution in [0.1, 0.15) is 35.4 Å². The standard InChI is InChI=1S/C13H14N2O4/c1-2-5-11-14-12(19-15-11)8-18-10-7-4-3-6-9(10)13(16)17/h3-4,6-7H,2,5,8H2,1H3,(H,16,17). The van der Waals surface area contributed by atoms with Gasteiger partial charge in [0, 0.05) is 6.42 Å². The summed E-state index contributed by atoms with van der Waals surface area (Å²) in [6, 6.07) is 6.42. The van der Waals surface area contributed by atoms with Gasteiger partial charge in [-0.2, -0.15) is 4.98 Å². The van der Waals surface area contributed by atoms with Gasteiger partial charge in [-0.25, -0.2) is 4.79 Å². The van der Waals surface area contributed by atoms with E-state index in [0.29, 0.717) is 11.7 Å². The van der Waals surface area contributed by atoms with Gasteiger partial charge in [0.25, 0.3) is 5.89 Å². The number of aryl methyl sites for hydroxylation is 1. The number of carboxylic acid groups (broad SMARTS) is 1. The van der Waals surface area contributed by atoms with E-state index in [-0.39, 0.29) is 17.9 Å². The van der Waals surface area contributed by atoms with Crippen LogP contribution in [-0.2, 0) is 13.0 Å². The predicted molar refractivity (Wildman–Crippen MR) is 66.0 cm³/mol. The van der Waals surface area contributed by atoms with Crippen LogP contribution in [0.5, 0.6) is 5.75 Å². The Kier molecular flexibility index (Phi) is 4.12. The molecule has 0 radical (unpaired) electrons. The van der Waals surface area contributed by atoms with Crippen LogP contribution in [0.15, 0.2) is 28.8 Å². The predicted octanol–water partition coefficient (Wildman–Crippen LogP) is 2.30. The number of hydrogen-bond donors (Lipinski definition) is 1. The fourth-order valence-corrected chi connectivity index (χ4v) is 1.58. The molecule has 0 aliphatic carbocycles. The van der Waals surface area contributed by atoms with Gasteiger partial charge < -0.3 is 14.4 Å². The van der Waals surface area contributed by atoms with Crippen molar-refractivity contribution in [3.05, 3.63) is 41.5 Å². The number of benzene rings is 1. The summed E-state index contributed by atoms with van der Waals surface area (Å²) in [6.45, 7) is 2.08. The van der Waals surface area contributed by atoms with Crippen molar-refractivity contribution in [2.75, 3.05) is 0 Å². The first kappa shape index (κ1) is 13.1. The molecule has 100 valence electrons. The number of para-hydroxylation sites is 1. The lowest BCUT2D eigenvalue weighted by Crippen LogP contribution is -2.03. The quantitative estimate of drug-likeness (QED) is 0.859. The molecule has 0 atom stereocenters. The summed E-state index contributed by atoms with van der Waals surface area (Å²) < 4.78 is 10.4. The number of carbonyl (C=O) groups is 1. The maximum atomic E-state index is 11.0. The molecule has 2 aromatic rings. The van der Waals surface area contributed by atoms with Crippen LogP contribution in [0.25, 0.3) is 0 Å². The Morgan fingerprint density at radius 2 is 2.21 bits per heavy atom. The number of carboxylic acids is 1. The molecule has 0 bridgehead atoms. The molecule has 2 rings (SSSR count). The Labute approximate surface area is 110 Å². The minimum Gasteiger partial charge on any atom is -0.483 e. The van der Waals surface area contributed by atoms with Crippen molar-refractivity contribution >= 4 is 5.97 Å². The van der Waals surface area contributed by atoms with Crippen molar-refractivity contribution in [2.24, 2.45) is 0 Å². The third-order valence-corrected chi connectivity index (χ3v) is 2.45. The molecule has 1 heterocycles. The molecule has 6 heteroatoms. The molecule has 0 saturated heterocycles. The first-order valence-electron chi connectivity index (χ1n) is 5.97. The highest BCUT2D eigenvalue weighted by Gasteiger charge is 2.12.